The Morgan fingerprint density at radius 2 is 2.21 bits per heavy atom. The second-order valence-electron chi connectivity index (χ2n) is 4.95. The summed E-state index contributed by atoms with van der Waals surface area (Å²) in [7, 11) is 1.64. The topological polar surface area (TPSA) is 54.8 Å². The van der Waals surface area contributed by atoms with Gasteiger partial charge >= 0.3 is 6.09 Å². The van der Waals surface area contributed by atoms with Gasteiger partial charge < -0.3 is 4.74 Å². The van der Waals surface area contributed by atoms with Gasteiger partial charge in [-0.15, -0.1) is 0 Å². The molecule has 0 spiro atoms. The van der Waals surface area contributed by atoms with Crippen molar-refractivity contribution in [1.29, 1.82) is 0 Å². The Kier molecular flexibility index (Phi) is 5.15. The number of nitrogens with zero attached hydrogens (tertiary/aromatic N) is 3. The number of hydrogen-bond acceptors (Lipinski definition) is 5. The molecule has 102 valence electrons. The second kappa shape index (κ2) is 6.41. The molecule has 19 heavy (non-hydrogen) atoms. The van der Waals surface area contributed by atoms with E-state index in [2.05, 4.69) is 27.4 Å². The predicted molar refractivity (Wildman–Crippen MR) is 77.6 cm³/mol. The molecule has 1 aromatic rings. The SMILES string of the molecule is CN(C(=O)OC(C)(C)C)c1ccc(CN=C=S)nc1. The molecule has 0 N–H and O–H groups in total. The highest BCUT2D eigenvalue weighted by Crippen LogP contribution is 2.16. The van der Waals surface area contributed by atoms with E-state index in [0.717, 1.165) is 5.69 Å². The Morgan fingerprint density at radius 1 is 1.53 bits per heavy atom. The first kappa shape index (κ1) is 15.3. The maximum atomic E-state index is 11.8. The molecule has 0 bridgehead atoms. The van der Waals surface area contributed by atoms with Crippen LogP contribution in [0.3, 0.4) is 0 Å². The molecule has 0 aliphatic heterocycles. The highest BCUT2D eigenvalue weighted by atomic mass is 32.1. The molecule has 1 rings (SSSR count). The van der Waals surface area contributed by atoms with Crippen LogP contribution in [0, 0.1) is 0 Å². The van der Waals surface area contributed by atoms with Gasteiger partial charge in [0.2, 0.25) is 0 Å². The first-order valence-corrected chi connectivity index (χ1v) is 6.19. The maximum absolute atomic E-state index is 11.8. The van der Waals surface area contributed by atoms with Crippen molar-refractivity contribution in [1.82, 2.24) is 4.98 Å². The molecule has 0 radical (unpaired) electrons. The molecule has 0 saturated heterocycles. The normalized spacial score (nSPS) is 10.5. The summed E-state index contributed by atoms with van der Waals surface area (Å²) >= 11 is 4.49. The number of rotatable bonds is 3. The molecular weight excluding hydrogens is 262 g/mol. The van der Waals surface area contributed by atoms with Gasteiger partial charge in [0.05, 0.1) is 29.3 Å². The van der Waals surface area contributed by atoms with Crippen LogP contribution in [0.5, 0.6) is 0 Å². The number of hydrogen-bond donors (Lipinski definition) is 0. The third-order valence-corrected chi connectivity index (χ3v) is 2.30. The molecular formula is C13H17N3O2S. The van der Waals surface area contributed by atoms with Gasteiger partial charge in [-0.2, -0.15) is 0 Å². The standard InChI is InChI=1S/C13H17N3O2S/c1-13(2,3)18-12(17)16(4)11-6-5-10(15-8-11)7-14-9-19/h5-6,8H,7H2,1-4H3. The van der Waals surface area contributed by atoms with Crippen molar-refractivity contribution in [3.05, 3.63) is 24.0 Å². The summed E-state index contributed by atoms with van der Waals surface area (Å²) in [5.74, 6) is 0. The molecule has 0 aliphatic carbocycles. The Hall–Kier alpha value is -1.78. The number of carbonyl (C=O) groups is 1. The minimum Gasteiger partial charge on any atom is -0.443 e. The summed E-state index contributed by atoms with van der Waals surface area (Å²) < 4.78 is 5.27. The summed E-state index contributed by atoms with van der Waals surface area (Å²) in [5.41, 5.74) is 0.898. The zero-order valence-corrected chi connectivity index (χ0v) is 12.3. The summed E-state index contributed by atoms with van der Waals surface area (Å²) in [5, 5.41) is 2.28. The van der Waals surface area contributed by atoms with E-state index in [-0.39, 0.29) is 0 Å². The predicted octanol–water partition coefficient (Wildman–Crippen LogP) is 3.06. The van der Waals surface area contributed by atoms with Crippen molar-refractivity contribution < 1.29 is 9.53 Å². The van der Waals surface area contributed by atoms with Gasteiger partial charge in [0.1, 0.15) is 5.60 Å². The van der Waals surface area contributed by atoms with E-state index in [1.54, 1.807) is 25.4 Å². The van der Waals surface area contributed by atoms with Gasteiger partial charge in [0, 0.05) is 7.05 Å². The van der Waals surface area contributed by atoms with E-state index in [1.807, 2.05) is 20.8 Å². The summed E-state index contributed by atoms with van der Waals surface area (Å²) in [6, 6.07) is 3.57. The first-order chi connectivity index (χ1) is 8.83. The Morgan fingerprint density at radius 3 is 2.68 bits per heavy atom. The lowest BCUT2D eigenvalue weighted by Gasteiger charge is -2.24. The van der Waals surface area contributed by atoms with E-state index in [0.29, 0.717) is 12.2 Å². The van der Waals surface area contributed by atoms with E-state index in [1.165, 1.54) is 4.90 Å². The number of anilines is 1. The highest BCUT2D eigenvalue weighted by Gasteiger charge is 2.20. The zero-order valence-electron chi connectivity index (χ0n) is 11.5. The van der Waals surface area contributed by atoms with Crippen LogP contribution < -0.4 is 4.90 Å². The maximum Gasteiger partial charge on any atom is 0.414 e. The van der Waals surface area contributed by atoms with E-state index < -0.39 is 11.7 Å². The minimum atomic E-state index is -0.521. The molecule has 0 atom stereocenters. The number of aromatic nitrogens is 1. The summed E-state index contributed by atoms with van der Waals surface area (Å²) in [6.45, 7) is 5.86. The average Bonchev–Trinajstić information content (AvgIpc) is 2.34. The van der Waals surface area contributed by atoms with Crippen LogP contribution >= 0.6 is 12.2 Å². The molecule has 6 heteroatoms. The van der Waals surface area contributed by atoms with Gasteiger partial charge in [-0.3, -0.25) is 9.88 Å². The third-order valence-electron chi connectivity index (χ3n) is 2.17. The van der Waals surface area contributed by atoms with Crippen LogP contribution in [0.15, 0.2) is 23.3 Å². The number of ether oxygens (including phenoxy) is 1. The van der Waals surface area contributed by atoms with Crippen molar-refractivity contribution in [3.8, 4) is 0 Å². The summed E-state index contributed by atoms with van der Waals surface area (Å²) in [4.78, 5) is 21.2. The molecule has 5 nitrogen and oxygen atoms in total. The molecule has 0 saturated carbocycles. The molecule has 0 fully saturated rings. The van der Waals surface area contributed by atoms with Crippen molar-refractivity contribution in [2.45, 2.75) is 32.9 Å². The number of carbonyl (C=O) groups excluding carboxylic acids is 1. The lowest BCUT2D eigenvalue weighted by atomic mass is 10.2. The number of amides is 1. The molecule has 0 aliphatic rings. The lowest BCUT2D eigenvalue weighted by Crippen LogP contribution is -2.34. The van der Waals surface area contributed by atoms with Crippen LogP contribution in [-0.2, 0) is 11.3 Å². The smallest absolute Gasteiger partial charge is 0.414 e. The third kappa shape index (κ3) is 5.16. The monoisotopic (exact) mass is 279 g/mol. The van der Waals surface area contributed by atoms with Gasteiger partial charge in [-0.25, -0.2) is 9.79 Å². The lowest BCUT2D eigenvalue weighted by molar-refractivity contribution is 0.0589. The first-order valence-electron chi connectivity index (χ1n) is 5.79. The summed E-state index contributed by atoms with van der Waals surface area (Å²) in [6.07, 6.45) is 1.18. The average molecular weight is 279 g/mol. The number of pyridine rings is 1. The van der Waals surface area contributed by atoms with Crippen LogP contribution in [-0.4, -0.2) is 28.9 Å². The van der Waals surface area contributed by atoms with Crippen LogP contribution in [0.25, 0.3) is 0 Å². The molecule has 0 aromatic carbocycles. The second-order valence-corrected chi connectivity index (χ2v) is 5.14. The van der Waals surface area contributed by atoms with E-state index in [9.17, 15) is 4.79 Å². The van der Waals surface area contributed by atoms with Crippen LogP contribution in [0.1, 0.15) is 26.5 Å². The Balaban J connectivity index is 2.74. The molecule has 1 aromatic heterocycles. The van der Waals surface area contributed by atoms with E-state index in [4.69, 9.17) is 4.74 Å². The van der Waals surface area contributed by atoms with Crippen molar-refractivity contribution in [2.75, 3.05) is 11.9 Å². The molecule has 0 unspecified atom stereocenters. The number of aliphatic imine (C=N–C) groups is 1. The molecule has 1 amide bonds. The quantitative estimate of drug-likeness (QED) is 0.630. The fraction of sp³-hybridized carbons (Fsp3) is 0.462. The molecule has 1 heterocycles. The number of thiocarbonyl (C=S) groups is 1. The fourth-order valence-corrected chi connectivity index (χ4v) is 1.32. The Bertz CT molecular complexity index is 488. The largest absolute Gasteiger partial charge is 0.443 e. The van der Waals surface area contributed by atoms with Crippen LogP contribution in [0.2, 0.25) is 0 Å². The van der Waals surface area contributed by atoms with Crippen LogP contribution in [0.4, 0.5) is 10.5 Å². The van der Waals surface area contributed by atoms with Gasteiger partial charge in [0.25, 0.3) is 0 Å². The van der Waals surface area contributed by atoms with Gasteiger partial charge in [-0.05, 0) is 45.1 Å². The van der Waals surface area contributed by atoms with Crippen molar-refractivity contribution in [3.63, 3.8) is 0 Å². The van der Waals surface area contributed by atoms with Gasteiger partial charge in [-0.1, -0.05) is 0 Å². The van der Waals surface area contributed by atoms with Gasteiger partial charge in [0.15, 0.2) is 0 Å². The zero-order chi connectivity index (χ0) is 14.5. The van der Waals surface area contributed by atoms with E-state index >= 15 is 0 Å². The fourth-order valence-electron chi connectivity index (χ4n) is 1.26. The minimum absolute atomic E-state index is 0.389. The number of isothiocyanates is 1. The highest BCUT2D eigenvalue weighted by molar-refractivity contribution is 7.78. The Labute approximate surface area is 118 Å². The van der Waals surface area contributed by atoms with Crippen molar-refractivity contribution in [2.24, 2.45) is 4.99 Å². The van der Waals surface area contributed by atoms with Crippen molar-refractivity contribution >= 4 is 29.2 Å².